The van der Waals surface area contributed by atoms with E-state index in [0.29, 0.717) is 18.9 Å². The number of carbonyl (C=O) groups is 1. The van der Waals surface area contributed by atoms with E-state index >= 15 is 0 Å². The lowest BCUT2D eigenvalue weighted by Gasteiger charge is -2.24. The van der Waals surface area contributed by atoms with Gasteiger partial charge in [0.15, 0.2) is 0 Å². The molecule has 1 aromatic carbocycles. The van der Waals surface area contributed by atoms with Gasteiger partial charge in [0.25, 0.3) is 0 Å². The molecule has 1 atom stereocenters. The molecule has 0 fully saturated rings. The van der Waals surface area contributed by atoms with E-state index in [-0.39, 0.29) is 11.8 Å². The maximum Gasteiger partial charge on any atom is 0.226 e. The lowest BCUT2D eigenvalue weighted by Crippen LogP contribution is -2.24. The molecule has 1 N–H and O–H groups in total. The standard InChI is InChI=1S/C18H23N3O2/c1-11(2)10-23-14-7-5-13(6-8-14)15-9-16(22)19-18-17(15)12(3)20-21(18)4/h5-8,11,15H,9-10H2,1-4H3,(H,19,22). The van der Waals surface area contributed by atoms with Gasteiger partial charge in [0.2, 0.25) is 5.91 Å². The molecule has 0 aliphatic carbocycles. The summed E-state index contributed by atoms with van der Waals surface area (Å²) in [4.78, 5) is 12.0. The van der Waals surface area contributed by atoms with Crippen molar-refractivity contribution in [1.29, 1.82) is 0 Å². The summed E-state index contributed by atoms with van der Waals surface area (Å²) in [6, 6.07) is 8.06. The van der Waals surface area contributed by atoms with E-state index in [0.717, 1.165) is 28.4 Å². The predicted octanol–water partition coefficient (Wildman–Crippen LogP) is 3.24. The number of hydrogen-bond acceptors (Lipinski definition) is 3. The van der Waals surface area contributed by atoms with Crippen LogP contribution in [0.15, 0.2) is 24.3 Å². The summed E-state index contributed by atoms with van der Waals surface area (Å²) in [5, 5.41) is 7.38. The fourth-order valence-electron chi connectivity index (χ4n) is 3.05. The molecule has 0 radical (unpaired) electrons. The fourth-order valence-corrected chi connectivity index (χ4v) is 3.05. The summed E-state index contributed by atoms with van der Waals surface area (Å²) in [7, 11) is 1.86. The van der Waals surface area contributed by atoms with Gasteiger partial charge in [0, 0.05) is 24.9 Å². The molecule has 1 unspecified atom stereocenters. The minimum absolute atomic E-state index is 0.0330. The molecular weight excluding hydrogens is 290 g/mol. The van der Waals surface area contributed by atoms with Crippen LogP contribution in [-0.4, -0.2) is 22.3 Å². The lowest BCUT2D eigenvalue weighted by atomic mass is 9.86. The molecule has 2 aromatic rings. The first-order valence-electron chi connectivity index (χ1n) is 8.01. The molecule has 0 bridgehead atoms. The SMILES string of the molecule is Cc1nn(C)c2c1C(c1ccc(OCC(C)C)cc1)CC(=O)N2. The molecule has 2 heterocycles. The zero-order valence-corrected chi connectivity index (χ0v) is 14.1. The van der Waals surface area contributed by atoms with Crippen LogP contribution in [0.5, 0.6) is 5.75 Å². The number of nitrogens with zero attached hydrogens (tertiary/aromatic N) is 2. The number of rotatable bonds is 4. The molecule has 1 aromatic heterocycles. The van der Waals surface area contributed by atoms with Crippen molar-refractivity contribution in [2.45, 2.75) is 33.1 Å². The van der Waals surface area contributed by atoms with Gasteiger partial charge in [-0.2, -0.15) is 5.10 Å². The Hall–Kier alpha value is -2.30. The van der Waals surface area contributed by atoms with Crippen LogP contribution in [0.4, 0.5) is 5.82 Å². The van der Waals surface area contributed by atoms with Crippen LogP contribution in [-0.2, 0) is 11.8 Å². The van der Waals surface area contributed by atoms with E-state index in [4.69, 9.17) is 4.74 Å². The molecule has 5 heteroatoms. The van der Waals surface area contributed by atoms with Crippen molar-refractivity contribution in [2.75, 3.05) is 11.9 Å². The number of aromatic nitrogens is 2. The second-order valence-electron chi connectivity index (χ2n) is 6.55. The Balaban J connectivity index is 1.89. The second-order valence-corrected chi connectivity index (χ2v) is 6.55. The van der Waals surface area contributed by atoms with Crippen LogP contribution in [0.25, 0.3) is 0 Å². The largest absolute Gasteiger partial charge is 0.493 e. The number of benzene rings is 1. The van der Waals surface area contributed by atoms with Gasteiger partial charge in [0.1, 0.15) is 11.6 Å². The monoisotopic (exact) mass is 313 g/mol. The first-order valence-corrected chi connectivity index (χ1v) is 8.01. The Morgan fingerprint density at radius 1 is 1.35 bits per heavy atom. The Morgan fingerprint density at radius 2 is 2.04 bits per heavy atom. The molecule has 1 aliphatic rings. The topological polar surface area (TPSA) is 56.2 Å². The Morgan fingerprint density at radius 3 is 2.70 bits per heavy atom. The first-order chi connectivity index (χ1) is 11.0. The van der Waals surface area contributed by atoms with Gasteiger partial charge >= 0.3 is 0 Å². The van der Waals surface area contributed by atoms with Gasteiger partial charge in [0.05, 0.1) is 12.3 Å². The van der Waals surface area contributed by atoms with Crippen LogP contribution in [0.1, 0.15) is 43.0 Å². The molecule has 3 rings (SSSR count). The van der Waals surface area contributed by atoms with Gasteiger partial charge in [-0.3, -0.25) is 9.48 Å². The highest BCUT2D eigenvalue weighted by atomic mass is 16.5. The zero-order valence-electron chi connectivity index (χ0n) is 14.1. The predicted molar refractivity (Wildman–Crippen MR) is 89.8 cm³/mol. The number of amides is 1. The third kappa shape index (κ3) is 3.09. The van der Waals surface area contributed by atoms with Crippen molar-refractivity contribution >= 4 is 11.7 Å². The Labute approximate surface area is 136 Å². The number of nitrogens with one attached hydrogen (secondary N) is 1. The van der Waals surface area contributed by atoms with Gasteiger partial charge in [-0.05, 0) is 30.5 Å². The number of fused-ring (bicyclic) bond motifs is 1. The minimum atomic E-state index is 0.0330. The van der Waals surface area contributed by atoms with E-state index in [9.17, 15) is 4.79 Å². The summed E-state index contributed by atoms with van der Waals surface area (Å²) in [6.45, 7) is 6.95. The van der Waals surface area contributed by atoms with Gasteiger partial charge in [-0.15, -0.1) is 0 Å². The van der Waals surface area contributed by atoms with Crippen molar-refractivity contribution in [1.82, 2.24) is 9.78 Å². The molecule has 0 saturated carbocycles. The number of hydrogen-bond donors (Lipinski definition) is 1. The van der Waals surface area contributed by atoms with Crippen molar-refractivity contribution in [3.63, 3.8) is 0 Å². The molecule has 5 nitrogen and oxygen atoms in total. The van der Waals surface area contributed by atoms with Crippen molar-refractivity contribution in [3.05, 3.63) is 41.1 Å². The number of anilines is 1. The van der Waals surface area contributed by atoms with Gasteiger partial charge in [-0.25, -0.2) is 0 Å². The van der Waals surface area contributed by atoms with Crippen LogP contribution in [0, 0.1) is 12.8 Å². The van der Waals surface area contributed by atoms with Crippen molar-refractivity contribution < 1.29 is 9.53 Å². The zero-order chi connectivity index (χ0) is 16.6. The summed E-state index contributed by atoms with van der Waals surface area (Å²) in [5.41, 5.74) is 3.20. The first kappa shape index (κ1) is 15.6. The van der Waals surface area contributed by atoms with Crippen LogP contribution >= 0.6 is 0 Å². The highest BCUT2D eigenvalue weighted by Crippen LogP contribution is 2.39. The Kier molecular flexibility index (Phi) is 4.11. The molecule has 0 spiro atoms. The van der Waals surface area contributed by atoms with E-state index in [1.807, 2.05) is 26.1 Å². The van der Waals surface area contributed by atoms with E-state index in [1.165, 1.54) is 0 Å². The lowest BCUT2D eigenvalue weighted by molar-refractivity contribution is -0.116. The summed E-state index contributed by atoms with van der Waals surface area (Å²) >= 11 is 0. The maximum absolute atomic E-state index is 12.0. The third-order valence-electron chi connectivity index (χ3n) is 4.13. The molecule has 1 amide bonds. The smallest absolute Gasteiger partial charge is 0.226 e. The fraction of sp³-hybridized carbons (Fsp3) is 0.444. The van der Waals surface area contributed by atoms with Gasteiger partial charge in [-0.1, -0.05) is 26.0 Å². The molecular formula is C18H23N3O2. The normalized spacial score (nSPS) is 17.1. The summed E-state index contributed by atoms with van der Waals surface area (Å²) < 4.78 is 7.48. The maximum atomic E-state index is 12.0. The number of aryl methyl sites for hydroxylation is 2. The van der Waals surface area contributed by atoms with E-state index in [2.05, 4.69) is 36.4 Å². The van der Waals surface area contributed by atoms with Crippen LogP contribution in [0.3, 0.4) is 0 Å². The van der Waals surface area contributed by atoms with Gasteiger partial charge < -0.3 is 10.1 Å². The van der Waals surface area contributed by atoms with E-state index in [1.54, 1.807) is 4.68 Å². The second kappa shape index (κ2) is 6.07. The quantitative estimate of drug-likeness (QED) is 0.943. The van der Waals surface area contributed by atoms with Crippen LogP contribution in [0.2, 0.25) is 0 Å². The Bertz CT molecular complexity index is 717. The number of ether oxygens (including phenoxy) is 1. The third-order valence-corrected chi connectivity index (χ3v) is 4.13. The molecule has 23 heavy (non-hydrogen) atoms. The van der Waals surface area contributed by atoms with Crippen molar-refractivity contribution in [2.24, 2.45) is 13.0 Å². The average molecular weight is 313 g/mol. The number of carbonyl (C=O) groups excluding carboxylic acids is 1. The minimum Gasteiger partial charge on any atom is -0.493 e. The molecule has 1 aliphatic heterocycles. The van der Waals surface area contributed by atoms with Crippen molar-refractivity contribution in [3.8, 4) is 5.75 Å². The van der Waals surface area contributed by atoms with E-state index < -0.39 is 0 Å². The highest BCUT2D eigenvalue weighted by Gasteiger charge is 2.31. The average Bonchev–Trinajstić information content (AvgIpc) is 2.79. The molecule has 0 saturated heterocycles. The molecule has 122 valence electrons. The van der Waals surface area contributed by atoms with Crippen LogP contribution < -0.4 is 10.1 Å². The summed E-state index contributed by atoms with van der Waals surface area (Å²) in [6.07, 6.45) is 0.450. The summed E-state index contributed by atoms with van der Waals surface area (Å²) in [5.74, 6) is 2.25. The highest BCUT2D eigenvalue weighted by molar-refractivity contribution is 5.94.